The highest BCUT2D eigenvalue weighted by molar-refractivity contribution is 6.14. The van der Waals surface area contributed by atoms with Crippen LogP contribution < -0.4 is 5.32 Å². The fraction of sp³-hybridized carbons (Fsp3) is 0.0625. The highest BCUT2D eigenvalue weighted by Crippen LogP contribution is 2.25. The van der Waals surface area contributed by atoms with Crippen LogP contribution >= 0.6 is 0 Å². The summed E-state index contributed by atoms with van der Waals surface area (Å²) in [5, 5.41) is 11.8. The van der Waals surface area contributed by atoms with Gasteiger partial charge < -0.3 is 10.4 Å². The van der Waals surface area contributed by atoms with Crippen LogP contribution in [0, 0.1) is 0 Å². The third-order valence-electron chi connectivity index (χ3n) is 3.39. The summed E-state index contributed by atoms with van der Waals surface area (Å²) in [6.07, 6.45) is 0.233. The van der Waals surface area contributed by atoms with Crippen molar-refractivity contribution in [2.75, 3.05) is 5.32 Å². The highest BCUT2D eigenvalue weighted by atomic mass is 16.4. The summed E-state index contributed by atoms with van der Waals surface area (Å²) in [5.41, 5.74) is 1.93. The third kappa shape index (κ3) is 2.29. The number of nitrogens with one attached hydrogen (secondary N) is 1. The van der Waals surface area contributed by atoms with Crippen molar-refractivity contribution in [3.63, 3.8) is 0 Å². The van der Waals surface area contributed by atoms with Gasteiger partial charge >= 0.3 is 5.97 Å². The third-order valence-corrected chi connectivity index (χ3v) is 3.39. The largest absolute Gasteiger partial charge is 0.478 e. The van der Waals surface area contributed by atoms with Gasteiger partial charge in [-0.2, -0.15) is 0 Å². The van der Waals surface area contributed by atoms with Gasteiger partial charge in [-0.3, -0.25) is 9.59 Å². The summed E-state index contributed by atoms with van der Waals surface area (Å²) in [4.78, 5) is 35.0. The van der Waals surface area contributed by atoms with Crippen LogP contribution in [0.1, 0.15) is 31.8 Å². The Balaban J connectivity index is 2.02. The number of hydrogen-bond acceptors (Lipinski definition) is 3. The van der Waals surface area contributed by atoms with Crippen LogP contribution in [0.25, 0.3) is 0 Å². The maximum absolute atomic E-state index is 12.5. The van der Waals surface area contributed by atoms with E-state index in [0.29, 0.717) is 11.3 Å². The normalized spacial score (nSPS) is 12.7. The number of carboxylic acids is 1. The average molecular weight is 281 g/mol. The van der Waals surface area contributed by atoms with Gasteiger partial charge in [0, 0.05) is 16.8 Å². The number of rotatable bonds is 3. The van der Waals surface area contributed by atoms with Gasteiger partial charge in [-0.25, -0.2) is 4.79 Å². The molecule has 5 heteroatoms. The number of aromatic carboxylic acids is 1. The van der Waals surface area contributed by atoms with Crippen LogP contribution in [0.2, 0.25) is 0 Å². The SMILES string of the molecule is O=C1Cc2cc(C(=O)c3ccccc3C(=O)O)ccc2N1. The van der Waals surface area contributed by atoms with Crippen molar-refractivity contribution in [3.8, 4) is 0 Å². The fourth-order valence-electron chi connectivity index (χ4n) is 2.39. The summed E-state index contributed by atoms with van der Waals surface area (Å²) in [7, 11) is 0. The molecule has 0 radical (unpaired) electrons. The first kappa shape index (κ1) is 13.1. The summed E-state index contributed by atoms with van der Waals surface area (Å²) >= 11 is 0. The molecule has 0 spiro atoms. The van der Waals surface area contributed by atoms with E-state index in [2.05, 4.69) is 5.32 Å². The second kappa shape index (κ2) is 4.86. The number of carbonyl (C=O) groups excluding carboxylic acids is 2. The van der Waals surface area contributed by atoms with Crippen LogP contribution in [0.3, 0.4) is 0 Å². The molecule has 2 aromatic carbocycles. The van der Waals surface area contributed by atoms with Crippen molar-refractivity contribution in [2.45, 2.75) is 6.42 Å². The van der Waals surface area contributed by atoms with Crippen LogP contribution in [0.15, 0.2) is 42.5 Å². The van der Waals surface area contributed by atoms with Crippen LogP contribution in [-0.4, -0.2) is 22.8 Å². The lowest BCUT2D eigenvalue weighted by molar-refractivity contribution is -0.115. The van der Waals surface area contributed by atoms with E-state index in [1.54, 1.807) is 30.3 Å². The number of hydrogen-bond donors (Lipinski definition) is 2. The van der Waals surface area contributed by atoms with Gasteiger partial charge in [-0.05, 0) is 29.8 Å². The molecule has 2 aromatic rings. The lowest BCUT2D eigenvalue weighted by Gasteiger charge is -2.06. The minimum Gasteiger partial charge on any atom is -0.478 e. The van der Waals surface area contributed by atoms with E-state index >= 15 is 0 Å². The Morgan fingerprint density at radius 2 is 1.76 bits per heavy atom. The molecule has 1 aliphatic heterocycles. The molecule has 104 valence electrons. The topological polar surface area (TPSA) is 83.5 Å². The van der Waals surface area contributed by atoms with Crippen molar-refractivity contribution in [3.05, 3.63) is 64.7 Å². The molecule has 5 nitrogen and oxygen atoms in total. The van der Waals surface area contributed by atoms with Gasteiger partial charge in [0.15, 0.2) is 5.78 Å². The van der Waals surface area contributed by atoms with E-state index in [9.17, 15) is 14.4 Å². The Morgan fingerprint density at radius 3 is 2.48 bits per heavy atom. The van der Waals surface area contributed by atoms with Gasteiger partial charge in [-0.15, -0.1) is 0 Å². The number of benzene rings is 2. The maximum atomic E-state index is 12.5. The summed E-state index contributed by atoms with van der Waals surface area (Å²) in [6, 6.07) is 11.0. The van der Waals surface area contributed by atoms with Crippen LogP contribution in [-0.2, 0) is 11.2 Å². The van der Waals surface area contributed by atoms with Gasteiger partial charge in [0.1, 0.15) is 0 Å². The Kier molecular flexibility index (Phi) is 3.02. The molecule has 0 saturated heterocycles. The number of carboxylic acid groups (broad SMARTS) is 1. The van der Waals surface area contributed by atoms with Crippen molar-refractivity contribution in [2.24, 2.45) is 0 Å². The molecule has 0 unspecified atom stereocenters. The molecular weight excluding hydrogens is 270 g/mol. The standard InChI is InChI=1S/C16H11NO4/c18-14-8-10-7-9(5-6-13(10)17-14)15(19)11-3-1-2-4-12(11)16(20)21/h1-7H,8H2,(H,17,18)(H,20,21). The van der Waals surface area contributed by atoms with E-state index in [4.69, 9.17) is 5.11 Å². The second-order valence-electron chi connectivity index (χ2n) is 4.78. The molecule has 1 aliphatic rings. The zero-order valence-corrected chi connectivity index (χ0v) is 10.9. The van der Waals surface area contributed by atoms with Gasteiger partial charge in [0.05, 0.1) is 12.0 Å². The van der Waals surface area contributed by atoms with E-state index in [-0.39, 0.29) is 29.2 Å². The number of ketones is 1. The van der Waals surface area contributed by atoms with Crippen molar-refractivity contribution < 1.29 is 19.5 Å². The first-order chi connectivity index (χ1) is 10.1. The minimum atomic E-state index is -1.14. The maximum Gasteiger partial charge on any atom is 0.336 e. The van der Waals surface area contributed by atoms with Gasteiger partial charge in [0.2, 0.25) is 5.91 Å². The zero-order valence-electron chi connectivity index (χ0n) is 10.9. The predicted molar refractivity (Wildman–Crippen MR) is 75.6 cm³/mol. The molecule has 0 fully saturated rings. The molecule has 1 amide bonds. The Labute approximate surface area is 120 Å². The smallest absolute Gasteiger partial charge is 0.336 e. The molecule has 0 atom stereocenters. The molecule has 0 saturated carbocycles. The van der Waals surface area contributed by atoms with E-state index in [1.807, 2.05) is 0 Å². The van der Waals surface area contributed by atoms with Crippen LogP contribution in [0.4, 0.5) is 5.69 Å². The Hall–Kier alpha value is -2.95. The Morgan fingerprint density at radius 1 is 1.05 bits per heavy atom. The van der Waals surface area contributed by atoms with E-state index in [0.717, 1.165) is 5.56 Å². The van der Waals surface area contributed by atoms with Gasteiger partial charge in [0.25, 0.3) is 0 Å². The molecular formula is C16H11NO4. The molecule has 1 heterocycles. The lowest BCUT2D eigenvalue weighted by atomic mass is 9.96. The molecule has 2 N–H and O–H groups in total. The number of fused-ring (bicyclic) bond motifs is 1. The highest BCUT2D eigenvalue weighted by Gasteiger charge is 2.21. The average Bonchev–Trinajstić information content (AvgIpc) is 2.85. The van der Waals surface area contributed by atoms with Crippen molar-refractivity contribution >= 4 is 23.3 Å². The number of anilines is 1. The molecule has 0 aliphatic carbocycles. The second-order valence-corrected chi connectivity index (χ2v) is 4.78. The van der Waals surface area contributed by atoms with E-state index in [1.165, 1.54) is 12.1 Å². The first-order valence-corrected chi connectivity index (χ1v) is 6.36. The molecule has 0 bridgehead atoms. The monoisotopic (exact) mass is 281 g/mol. The number of carbonyl (C=O) groups is 3. The van der Waals surface area contributed by atoms with Crippen molar-refractivity contribution in [1.82, 2.24) is 0 Å². The lowest BCUT2D eigenvalue weighted by Crippen LogP contribution is -2.09. The van der Waals surface area contributed by atoms with Crippen LogP contribution in [0.5, 0.6) is 0 Å². The molecule has 0 aromatic heterocycles. The first-order valence-electron chi connectivity index (χ1n) is 6.36. The quantitative estimate of drug-likeness (QED) is 0.844. The minimum absolute atomic E-state index is 0.0304. The summed E-state index contributed by atoms with van der Waals surface area (Å²) in [6.45, 7) is 0. The predicted octanol–water partition coefficient (Wildman–Crippen LogP) is 2.11. The van der Waals surface area contributed by atoms with E-state index < -0.39 is 5.97 Å². The molecule has 3 rings (SSSR count). The molecule has 21 heavy (non-hydrogen) atoms. The fourth-order valence-corrected chi connectivity index (χ4v) is 2.39. The summed E-state index contributed by atoms with van der Waals surface area (Å²) in [5.74, 6) is -1.62. The van der Waals surface area contributed by atoms with Gasteiger partial charge in [-0.1, -0.05) is 18.2 Å². The number of amides is 1. The van der Waals surface area contributed by atoms with Crippen molar-refractivity contribution in [1.29, 1.82) is 0 Å². The Bertz CT molecular complexity index is 780. The zero-order chi connectivity index (χ0) is 15.0. The summed E-state index contributed by atoms with van der Waals surface area (Å²) < 4.78 is 0.